The van der Waals surface area contributed by atoms with Gasteiger partial charge in [-0.3, -0.25) is 0 Å². The standard InChI is InChI=1S/C11H23NO/c1-3-4-9(2)12-10-5-7-11(13)8-6-10/h9-13H,3-8H2,1-2H3. The first-order valence-electron chi connectivity index (χ1n) is 5.66. The van der Waals surface area contributed by atoms with Crippen molar-refractivity contribution in [2.75, 3.05) is 0 Å². The van der Waals surface area contributed by atoms with E-state index in [-0.39, 0.29) is 6.10 Å². The molecule has 0 amide bonds. The van der Waals surface area contributed by atoms with Gasteiger partial charge in [-0.05, 0) is 39.0 Å². The molecule has 0 aromatic heterocycles. The van der Waals surface area contributed by atoms with Crippen molar-refractivity contribution in [1.82, 2.24) is 5.32 Å². The van der Waals surface area contributed by atoms with Gasteiger partial charge in [0.25, 0.3) is 0 Å². The summed E-state index contributed by atoms with van der Waals surface area (Å²) < 4.78 is 0. The van der Waals surface area contributed by atoms with Crippen LogP contribution in [-0.4, -0.2) is 23.3 Å². The molecule has 1 aliphatic rings. The van der Waals surface area contributed by atoms with E-state index in [0.717, 1.165) is 25.7 Å². The van der Waals surface area contributed by atoms with E-state index in [2.05, 4.69) is 19.2 Å². The van der Waals surface area contributed by atoms with Crippen LogP contribution in [0.2, 0.25) is 0 Å². The highest BCUT2D eigenvalue weighted by Gasteiger charge is 2.19. The number of aliphatic hydroxyl groups is 1. The van der Waals surface area contributed by atoms with Crippen molar-refractivity contribution >= 4 is 0 Å². The smallest absolute Gasteiger partial charge is 0.0541 e. The molecular formula is C11H23NO. The maximum Gasteiger partial charge on any atom is 0.0541 e. The molecule has 1 rings (SSSR count). The largest absolute Gasteiger partial charge is 0.393 e. The van der Waals surface area contributed by atoms with E-state index >= 15 is 0 Å². The van der Waals surface area contributed by atoms with Gasteiger partial charge in [0.1, 0.15) is 0 Å². The van der Waals surface area contributed by atoms with Gasteiger partial charge >= 0.3 is 0 Å². The molecule has 1 unspecified atom stereocenters. The fourth-order valence-corrected chi connectivity index (χ4v) is 2.16. The molecule has 1 atom stereocenters. The average Bonchev–Trinajstić information content (AvgIpc) is 2.09. The second-order valence-corrected chi connectivity index (χ2v) is 4.36. The lowest BCUT2D eigenvalue weighted by Crippen LogP contribution is -2.39. The van der Waals surface area contributed by atoms with Crippen molar-refractivity contribution in [2.24, 2.45) is 0 Å². The van der Waals surface area contributed by atoms with Crippen LogP contribution in [0.1, 0.15) is 52.4 Å². The highest BCUT2D eigenvalue weighted by Crippen LogP contribution is 2.19. The van der Waals surface area contributed by atoms with Gasteiger partial charge < -0.3 is 10.4 Å². The SMILES string of the molecule is CCCC(C)NC1CCC(O)CC1. The second-order valence-electron chi connectivity index (χ2n) is 4.36. The molecule has 13 heavy (non-hydrogen) atoms. The van der Waals surface area contributed by atoms with Gasteiger partial charge in [0, 0.05) is 12.1 Å². The van der Waals surface area contributed by atoms with Crippen LogP contribution in [0.5, 0.6) is 0 Å². The molecule has 0 heterocycles. The number of aliphatic hydroxyl groups excluding tert-OH is 1. The number of hydrogen-bond acceptors (Lipinski definition) is 2. The van der Waals surface area contributed by atoms with Gasteiger partial charge in [-0.1, -0.05) is 13.3 Å². The van der Waals surface area contributed by atoms with Gasteiger partial charge in [0.05, 0.1) is 6.10 Å². The average molecular weight is 185 g/mol. The highest BCUT2D eigenvalue weighted by molar-refractivity contribution is 4.78. The van der Waals surface area contributed by atoms with Gasteiger partial charge in [-0.15, -0.1) is 0 Å². The first kappa shape index (κ1) is 11.0. The minimum atomic E-state index is -0.0282. The van der Waals surface area contributed by atoms with Crippen LogP contribution in [0.25, 0.3) is 0 Å². The number of nitrogens with one attached hydrogen (secondary N) is 1. The molecule has 0 aromatic carbocycles. The summed E-state index contributed by atoms with van der Waals surface area (Å²) in [6, 6.07) is 1.30. The van der Waals surface area contributed by atoms with Gasteiger partial charge in [-0.25, -0.2) is 0 Å². The van der Waals surface area contributed by atoms with E-state index < -0.39 is 0 Å². The molecule has 0 bridgehead atoms. The Morgan fingerprint density at radius 2 is 1.92 bits per heavy atom. The van der Waals surface area contributed by atoms with Gasteiger partial charge in [0.2, 0.25) is 0 Å². The molecule has 0 aromatic rings. The lowest BCUT2D eigenvalue weighted by Gasteiger charge is -2.29. The summed E-state index contributed by atoms with van der Waals surface area (Å²) in [7, 11) is 0. The Bertz CT molecular complexity index is 130. The maximum atomic E-state index is 9.34. The summed E-state index contributed by atoms with van der Waals surface area (Å²) in [5.41, 5.74) is 0. The minimum Gasteiger partial charge on any atom is -0.393 e. The molecule has 2 heteroatoms. The summed E-state index contributed by atoms with van der Waals surface area (Å²) in [6.45, 7) is 4.48. The fraction of sp³-hybridized carbons (Fsp3) is 1.00. The van der Waals surface area contributed by atoms with Crippen LogP contribution < -0.4 is 5.32 Å². The van der Waals surface area contributed by atoms with Crippen molar-refractivity contribution in [3.63, 3.8) is 0 Å². The summed E-state index contributed by atoms with van der Waals surface area (Å²) in [4.78, 5) is 0. The Labute approximate surface area is 81.7 Å². The Balaban J connectivity index is 2.14. The van der Waals surface area contributed by atoms with Crippen LogP contribution >= 0.6 is 0 Å². The molecule has 2 N–H and O–H groups in total. The number of hydrogen-bond donors (Lipinski definition) is 2. The normalized spacial score (nSPS) is 31.6. The van der Waals surface area contributed by atoms with Gasteiger partial charge in [0.15, 0.2) is 0 Å². The van der Waals surface area contributed by atoms with E-state index in [1.165, 1.54) is 12.8 Å². The monoisotopic (exact) mass is 185 g/mol. The molecule has 0 saturated heterocycles. The molecule has 1 saturated carbocycles. The fourth-order valence-electron chi connectivity index (χ4n) is 2.16. The predicted molar refractivity (Wildman–Crippen MR) is 55.8 cm³/mol. The molecule has 1 fully saturated rings. The van der Waals surface area contributed by atoms with Crippen molar-refractivity contribution in [3.05, 3.63) is 0 Å². The lowest BCUT2D eigenvalue weighted by atomic mass is 9.92. The van der Waals surface area contributed by atoms with Crippen molar-refractivity contribution in [2.45, 2.75) is 70.6 Å². The van der Waals surface area contributed by atoms with Crippen molar-refractivity contribution in [3.8, 4) is 0 Å². The molecular weight excluding hydrogens is 162 g/mol. The van der Waals surface area contributed by atoms with E-state index in [0.29, 0.717) is 12.1 Å². The topological polar surface area (TPSA) is 32.3 Å². The quantitative estimate of drug-likeness (QED) is 0.702. The van der Waals surface area contributed by atoms with Crippen molar-refractivity contribution in [1.29, 1.82) is 0 Å². The van der Waals surface area contributed by atoms with E-state index in [4.69, 9.17) is 0 Å². The molecule has 0 aliphatic heterocycles. The Hall–Kier alpha value is -0.0800. The summed E-state index contributed by atoms with van der Waals surface area (Å²) in [6.07, 6.45) is 6.75. The first-order chi connectivity index (χ1) is 6.22. The molecule has 1 aliphatic carbocycles. The van der Waals surface area contributed by atoms with Crippen LogP contribution in [0, 0.1) is 0 Å². The highest BCUT2D eigenvalue weighted by atomic mass is 16.3. The van der Waals surface area contributed by atoms with Gasteiger partial charge in [-0.2, -0.15) is 0 Å². The third-order valence-corrected chi connectivity index (χ3v) is 2.94. The van der Waals surface area contributed by atoms with Crippen LogP contribution in [0.3, 0.4) is 0 Å². The maximum absolute atomic E-state index is 9.34. The lowest BCUT2D eigenvalue weighted by molar-refractivity contribution is 0.114. The van der Waals surface area contributed by atoms with Crippen LogP contribution in [0.15, 0.2) is 0 Å². The van der Waals surface area contributed by atoms with Crippen molar-refractivity contribution < 1.29 is 5.11 Å². The minimum absolute atomic E-state index is 0.0282. The molecule has 78 valence electrons. The second kappa shape index (κ2) is 5.61. The van der Waals surface area contributed by atoms with E-state index in [1.807, 2.05) is 0 Å². The zero-order valence-corrected chi connectivity index (χ0v) is 8.92. The Morgan fingerprint density at radius 3 is 2.46 bits per heavy atom. The third kappa shape index (κ3) is 4.10. The zero-order valence-electron chi connectivity index (χ0n) is 8.92. The molecule has 2 nitrogen and oxygen atoms in total. The Morgan fingerprint density at radius 1 is 1.31 bits per heavy atom. The Kier molecular flexibility index (Phi) is 4.74. The molecule has 0 spiro atoms. The van der Waals surface area contributed by atoms with Crippen LogP contribution in [0.4, 0.5) is 0 Å². The third-order valence-electron chi connectivity index (χ3n) is 2.94. The predicted octanol–water partition coefficient (Wildman–Crippen LogP) is 2.07. The van der Waals surface area contributed by atoms with E-state index in [1.54, 1.807) is 0 Å². The molecule has 0 radical (unpaired) electrons. The summed E-state index contributed by atoms with van der Waals surface area (Å²) in [5, 5.41) is 13.0. The zero-order chi connectivity index (χ0) is 9.68. The van der Waals surface area contributed by atoms with E-state index in [9.17, 15) is 5.11 Å². The van der Waals surface area contributed by atoms with Crippen LogP contribution in [-0.2, 0) is 0 Å². The summed E-state index contributed by atoms with van der Waals surface area (Å²) in [5.74, 6) is 0. The summed E-state index contributed by atoms with van der Waals surface area (Å²) >= 11 is 0. The first-order valence-corrected chi connectivity index (χ1v) is 5.66. The number of rotatable bonds is 4.